The number of alkyl halides is 1. The van der Waals surface area contributed by atoms with Crippen LogP contribution in [0.4, 0.5) is 8.78 Å². The Balaban J connectivity index is 2.37. The Morgan fingerprint density at radius 3 is 2.05 bits per heavy atom. The predicted octanol–water partition coefficient (Wildman–Crippen LogP) is 5.42. The molecular formula is C17H17ClF2. The highest BCUT2D eigenvalue weighted by Gasteiger charge is 2.14. The van der Waals surface area contributed by atoms with Crippen LogP contribution >= 0.6 is 11.6 Å². The third-order valence-corrected chi connectivity index (χ3v) is 4.03. The van der Waals surface area contributed by atoms with E-state index in [1.54, 1.807) is 0 Å². The summed E-state index contributed by atoms with van der Waals surface area (Å²) in [7, 11) is 0. The highest BCUT2D eigenvalue weighted by molar-refractivity contribution is 6.22. The maximum absolute atomic E-state index is 13.3. The Hall–Kier alpha value is -1.41. The molecule has 0 fully saturated rings. The minimum atomic E-state index is -0.867. The fourth-order valence-electron chi connectivity index (χ4n) is 2.34. The highest BCUT2D eigenvalue weighted by atomic mass is 35.5. The third kappa shape index (κ3) is 3.01. The average Bonchev–Trinajstić information content (AvgIpc) is 2.48. The summed E-state index contributed by atoms with van der Waals surface area (Å²) < 4.78 is 26.2. The Morgan fingerprint density at radius 1 is 0.850 bits per heavy atom. The molecule has 0 aliphatic carbocycles. The van der Waals surface area contributed by atoms with Gasteiger partial charge in [0.05, 0.1) is 5.38 Å². The molecular weight excluding hydrogens is 278 g/mol. The van der Waals surface area contributed by atoms with Crippen LogP contribution in [-0.4, -0.2) is 0 Å². The standard InChI is InChI=1S/C17H17ClF2/c1-3-11-5-6-13(9-12(11)4-2)17(18)14-7-8-15(19)16(20)10-14/h5-10,17H,3-4H2,1-2H3. The van der Waals surface area contributed by atoms with Crippen molar-refractivity contribution in [1.82, 2.24) is 0 Å². The first kappa shape index (κ1) is 15.0. The summed E-state index contributed by atoms with van der Waals surface area (Å²) in [5.74, 6) is -1.72. The molecule has 1 unspecified atom stereocenters. The van der Waals surface area contributed by atoms with Crippen LogP contribution in [0.3, 0.4) is 0 Å². The summed E-state index contributed by atoms with van der Waals surface area (Å²) in [6, 6.07) is 9.86. The molecule has 0 saturated carbocycles. The fourth-order valence-corrected chi connectivity index (χ4v) is 2.61. The molecule has 0 bridgehead atoms. The van der Waals surface area contributed by atoms with E-state index in [-0.39, 0.29) is 0 Å². The first-order valence-electron chi connectivity index (χ1n) is 6.77. The molecule has 0 aliphatic heterocycles. The van der Waals surface area contributed by atoms with Crippen molar-refractivity contribution in [3.05, 3.63) is 70.3 Å². The van der Waals surface area contributed by atoms with Gasteiger partial charge in [0, 0.05) is 0 Å². The summed E-state index contributed by atoms with van der Waals surface area (Å²) in [6.45, 7) is 4.21. The van der Waals surface area contributed by atoms with Crippen LogP contribution in [0.1, 0.15) is 41.5 Å². The summed E-state index contributed by atoms with van der Waals surface area (Å²) in [6.07, 6.45) is 1.90. The molecule has 0 aromatic heterocycles. The van der Waals surface area contributed by atoms with E-state index in [0.717, 1.165) is 30.5 Å². The van der Waals surface area contributed by atoms with Gasteiger partial charge < -0.3 is 0 Å². The van der Waals surface area contributed by atoms with Gasteiger partial charge in [0.1, 0.15) is 0 Å². The lowest BCUT2D eigenvalue weighted by Gasteiger charge is -2.14. The van der Waals surface area contributed by atoms with Crippen molar-refractivity contribution in [2.24, 2.45) is 0 Å². The number of halogens is 3. The number of benzene rings is 2. The van der Waals surface area contributed by atoms with Gasteiger partial charge in [0.2, 0.25) is 0 Å². The van der Waals surface area contributed by atoms with Crippen LogP contribution in [0, 0.1) is 11.6 Å². The second-order valence-electron chi connectivity index (χ2n) is 4.77. The Morgan fingerprint density at radius 2 is 1.45 bits per heavy atom. The van der Waals surface area contributed by atoms with E-state index in [9.17, 15) is 8.78 Å². The topological polar surface area (TPSA) is 0 Å². The molecule has 0 N–H and O–H groups in total. The van der Waals surface area contributed by atoms with E-state index in [1.165, 1.54) is 17.2 Å². The average molecular weight is 295 g/mol. The summed E-state index contributed by atoms with van der Waals surface area (Å²) >= 11 is 6.39. The molecule has 0 saturated heterocycles. The molecule has 20 heavy (non-hydrogen) atoms. The first-order valence-corrected chi connectivity index (χ1v) is 7.21. The van der Waals surface area contributed by atoms with Gasteiger partial charge in [-0.05, 0) is 47.2 Å². The van der Waals surface area contributed by atoms with Crippen molar-refractivity contribution in [3.63, 3.8) is 0 Å². The van der Waals surface area contributed by atoms with Crippen LogP contribution < -0.4 is 0 Å². The van der Waals surface area contributed by atoms with E-state index < -0.39 is 17.0 Å². The van der Waals surface area contributed by atoms with Gasteiger partial charge in [-0.2, -0.15) is 0 Å². The Bertz CT molecular complexity index is 608. The number of hydrogen-bond donors (Lipinski definition) is 0. The molecule has 3 heteroatoms. The summed E-state index contributed by atoms with van der Waals surface area (Å²) in [5, 5.41) is -0.471. The van der Waals surface area contributed by atoms with Gasteiger partial charge in [0.15, 0.2) is 11.6 Å². The van der Waals surface area contributed by atoms with E-state index in [1.807, 2.05) is 6.07 Å². The largest absolute Gasteiger partial charge is 0.204 e. The molecule has 2 aromatic rings. The maximum atomic E-state index is 13.3. The van der Waals surface area contributed by atoms with Gasteiger partial charge in [-0.1, -0.05) is 38.1 Å². The normalized spacial score (nSPS) is 12.4. The predicted molar refractivity (Wildman–Crippen MR) is 79.3 cm³/mol. The van der Waals surface area contributed by atoms with Crippen LogP contribution in [0.2, 0.25) is 0 Å². The van der Waals surface area contributed by atoms with Gasteiger partial charge in [-0.3, -0.25) is 0 Å². The highest BCUT2D eigenvalue weighted by Crippen LogP contribution is 2.31. The lowest BCUT2D eigenvalue weighted by molar-refractivity contribution is 0.507. The quantitative estimate of drug-likeness (QED) is 0.661. The Labute approximate surface area is 123 Å². The molecule has 0 amide bonds. The fraction of sp³-hybridized carbons (Fsp3) is 0.294. The molecule has 2 rings (SSSR count). The third-order valence-electron chi connectivity index (χ3n) is 3.52. The zero-order valence-electron chi connectivity index (χ0n) is 11.6. The van der Waals surface area contributed by atoms with Gasteiger partial charge in [-0.15, -0.1) is 11.6 Å². The smallest absolute Gasteiger partial charge is 0.159 e. The van der Waals surface area contributed by atoms with Crippen molar-refractivity contribution >= 4 is 11.6 Å². The molecule has 0 heterocycles. The lowest BCUT2D eigenvalue weighted by atomic mass is 9.96. The van der Waals surface area contributed by atoms with Crippen molar-refractivity contribution in [1.29, 1.82) is 0 Å². The van der Waals surface area contributed by atoms with Crippen molar-refractivity contribution < 1.29 is 8.78 Å². The van der Waals surface area contributed by atoms with Crippen LogP contribution in [0.25, 0.3) is 0 Å². The molecule has 0 nitrogen and oxygen atoms in total. The van der Waals surface area contributed by atoms with Crippen molar-refractivity contribution in [3.8, 4) is 0 Å². The number of aryl methyl sites for hydroxylation is 2. The lowest BCUT2D eigenvalue weighted by Crippen LogP contribution is -1.99. The minimum absolute atomic E-state index is 0.471. The zero-order chi connectivity index (χ0) is 14.7. The van der Waals surface area contributed by atoms with Gasteiger partial charge in [-0.25, -0.2) is 8.78 Å². The number of rotatable bonds is 4. The molecule has 0 radical (unpaired) electrons. The Kier molecular flexibility index (Phi) is 4.77. The second kappa shape index (κ2) is 6.36. The van der Waals surface area contributed by atoms with E-state index >= 15 is 0 Å². The minimum Gasteiger partial charge on any atom is -0.204 e. The van der Waals surface area contributed by atoms with E-state index in [0.29, 0.717) is 5.56 Å². The summed E-state index contributed by atoms with van der Waals surface area (Å²) in [4.78, 5) is 0. The number of hydrogen-bond acceptors (Lipinski definition) is 0. The van der Waals surface area contributed by atoms with Crippen LogP contribution in [-0.2, 0) is 12.8 Å². The van der Waals surface area contributed by atoms with Crippen molar-refractivity contribution in [2.75, 3.05) is 0 Å². The van der Waals surface area contributed by atoms with Crippen molar-refractivity contribution in [2.45, 2.75) is 32.1 Å². The molecule has 0 spiro atoms. The second-order valence-corrected chi connectivity index (χ2v) is 5.21. The van der Waals surface area contributed by atoms with E-state index in [2.05, 4.69) is 26.0 Å². The van der Waals surface area contributed by atoms with E-state index in [4.69, 9.17) is 11.6 Å². The first-order chi connectivity index (χ1) is 9.56. The van der Waals surface area contributed by atoms with Gasteiger partial charge >= 0.3 is 0 Å². The molecule has 0 aliphatic rings. The van der Waals surface area contributed by atoms with Crippen LogP contribution in [0.5, 0.6) is 0 Å². The molecule has 106 valence electrons. The maximum Gasteiger partial charge on any atom is 0.159 e. The molecule has 1 atom stereocenters. The van der Waals surface area contributed by atoms with Crippen LogP contribution in [0.15, 0.2) is 36.4 Å². The SMILES string of the molecule is CCc1ccc(C(Cl)c2ccc(F)c(F)c2)cc1CC. The monoisotopic (exact) mass is 294 g/mol. The van der Waals surface area contributed by atoms with Gasteiger partial charge in [0.25, 0.3) is 0 Å². The summed E-state index contributed by atoms with van der Waals surface area (Å²) in [5.41, 5.74) is 4.02. The zero-order valence-corrected chi connectivity index (χ0v) is 12.3. The molecule has 2 aromatic carbocycles.